The van der Waals surface area contributed by atoms with Crippen molar-refractivity contribution in [3.05, 3.63) is 30.1 Å². The van der Waals surface area contributed by atoms with Gasteiger partial charge in [-0.3, -0.25) is 0 Å². The SMILES string of the molecule is N#Cc1cc[n+](CCC(=O)[O-])cc1. The van der Waals surface area contributed by atoms with Gasteiger partial charge in [0, 0.05) is 24.5 Å². The Morgan fingerprint density at radius 1 is 1.54 bits per heavy atom. The Morgan fingerprint density at radius 2 is 2.15 bits per heavy atom. The summed E-state index contributed by atoms with van der Waals surface area (Å²) in [6, 6.07) is 5.25. The van der Waals surface area contributed by atoms with E-state index in [4.69, 9.17) is 5.26 Å². The minimum atomic E-state index is -1.07. The maximum Gasteiger partial charge on any atom is 0.170 e. The lowest BCUT2D eigenvalue weighted by Crippen LogP contribution is -2.36. The molecule has 0 radical (unpaired) electrons. The highest BCUT2D eigenvalue weighted by molar-refractivity contribution is 5.63. The van der Waals surface area contributed by atoms with Gasteiger partial charge in [-0.15, -0.1) is 0 Å². The molecule has 0 atom stereocenters. The topological polar surface area (TPSA) is 67.8 Å². The molecule has 0 bridgehead atoms. The second kappa shape index (κ2) is 4.21. The number of hydrogen-bond donors (Lipinski definition) is 0. The molecular formula is C9H8N2O2. The van der Waals surface area contributed by atoms with Gasteiger partial charge < -0.3 is 9.90 Å². The van der Waals surface area contributed by atoms with E-state index in [2.05, 4.69) is 0 Å². The molecule has 0 aliphatic rings. The van der Waals surface area contributed by atoms with E-state index in [0.717, 1.165) is 0 Å². The summed E-state index contributed by atoms with van der Waals surface area (Å²) in [5.41, 5.74) is 0.560. The molecule has 1 heterocycles. The van der Waals surface area contributed by atoms with Crippen LogP contribution in [-0.2, 0) is 11.3 Å². The first-order valence-electron chi connectivity index (χ1n) is 3.81. The highest BCUT2D eigenvalue weighted by Crippen LogP contribution is 1.90. The minimum Gasteiger partial charge on any atom is -0.550 e. The van der Waals surface area contributed by atoms with Crippen molar-refractivity contribution in [2.75, 3.05) is 0 Å². The molecule has 0 N–H and O–H groups in total. The first-order valence-corrected chi connectivity index (χ1v) is 3.81. The zero-order valence-corrected chi connectivity index (χ0v) is 6.93. The molecule has 0 aromatic carbocycles. The largest absolute Gasteiger partial charge is 0.550 e. The van der Waals surface area contributed by atoms with Crippen LogP contribution >= 0.6 is 0 Å². The Morgan fingerprint density at radius 3 is 2.62 bits per heavy atom. The second-order valence-corrected chi connectivity index (χ2v) is 2.56. The lowest BCUT2D eigenvalue weighted by atomic mass is 10.3. The van der Waals surface area contributed by atoms with Crippen LogP contribution in [0.2, 0.25) is 0 Å². The van der Waals surface area contributed by atoms with Crippen LogP contribution in [0, 0.1) is 11.3 Å². The number of hydrogen-bond acceptors (Lipinski definition) is 3. The van der Waals surface area contributed by atoms with Crippen molar-refractivity contribution in [1.29, 1.82) is 5.26 Å². The summed E-state index contributed by atoms with van der Waals surface area (Å²) < 4.78 is 1.69. The Kier molecular flexibility index (Phi) is 2.98. The maximum atomic E-state index is 10.1. The van der Waals surface area contributed by atoms with Gasteiger partial charge in [0.2, 0.25) is 0 Å². The van der Waals surface area contributed by atoms with Crippen molar-refractivity contribution in [3.63, 3.8) is 0 Å². The van der Waals surface area contributed by atoms with Gasteiger partial charge in [0.1, 0.15) is 0 Å². The Bertz CT molecular complexity index is 338. The molecular weight excluding hydrogens is 168 g/mol. The summed E-state index contributed by atoms with van der Waals surface area (Å²) >= 11 is 0. The number of nitrogens with zero attached hydrogens (tertiary/aromatic N) is 2. The van der Waals surface area contributed by atoms with E-state index in [0.29, 0.717) is 12.1 Å². The summed E-state index contributed by atoms with van der Waals surface area (Å²) in [4.78, 5) is 10.1. The van der Waals surface area contributed by atoms with Gasteiger partial charge in [-0.1, -0.05) is 0 Å². The standard InChI is InChI=1S/C9H8N2O2/c10-7-8-1-4-11(5-2-8)6-3-9(12)13/h1-2,4-5H,3,6H2. The molecule has 0 unspecified atom stereocenters. The van der Waals surface area contributed by atoms with Crippen LogP contribution in [0.4, 0.5) is 0 Å². The van der Waals surface area contributed by atoms with Crippen molar-refractivity contribution in [3.8, 4) is 6.07 Å². The fraction of sp³-hybridized carbons (Fsp3) is 0.222. The van der Waals surface area contributed by atoms with E-state index in [1.165, 1.54) is 0 Å². The average molecular weight is 176 g/mol. The summed E-state index contributed by atoms with van der Waals surface area (Å²) in [7, 11) is 0. The number of aliphatic carboxylic acids is 1. The van der Waals surface area contributed by atoms with Crippen LogP contribution in [0.25, 0.3) is 0 Å². The molecule has 0 aliphatic carbocycles. The normalized spacial score (nSPS) is 9.15. The van der Waals surface area contributed by atoms with Crippen LogP contribution in [0.15, 0.2) is 24.5 Å². The summed E-state index contributed by atoms with van der Waals surface area (Å²) in [5, 5.41) is 18.6. The van der Waals surface area contributed by atoms with Crippen LogP contribution in [0.3, 0.4) is 0 Å². The number of aryl methyl sites for hydroxylation is 1. The highest BCUT2D eigenvalue weighted by atomic mass is 16.4. The predicted octanol–water partition coefficient (Wildman–Crippen LogP) is -1.01. The smallest absolute Gasteiger partial charge is 0.170 e. The fourth-order valence-corrected chi connectivity index (χ4v) is 0.901. The van der Waals surface area contributed by atoms with Gasteiger partial charge >= 0.3 is 0 Å². The molecule has 4 nitrogen and oxygen atoms in total. The molecule has 1 aromatic heterocycles. The number of carboxylic acids is 1. The lowest BCUT2D eigenvalue weighted by molar-refractivity contribution is -0.696. The fourth-order valence-electron chi connectivity index (χ4n) is 0.901. The number of rotatable bonds is 3. The highest BCUT2D eigenvalue weighted by Gasteiger charge is 1.99. The molecule has 66 valence electrons. The lowest BCUT2D eigenvalue weighted by Gasteiger charge is -1.97. The average Bonchev–Trinajstić information content (AvgIpc) is 2.15. The number of carbonyl (C=O) groups excluding carboxylic acids is 1. The monoisotopic (exact) mass is 176 g/mol. The zero-order valence-electron chi connectivity index (χ0n) is 6.93. The second-order valence-electron chi connectivity index (χ2n) is 2.56. The van der Waals surface area contributed by atoms with Gasteiger partial charge in [-0.2, -0.15) is 5.26 Å². The van der Waals surface area contributed by atoms with Gasteiger partial charge in [-0.05, 0) is 0 Å². The first kappa shape index (κ1) is 9.20. The van der Waals surface area contributed by atoms with E-state index in [9.17, 15) is 9.90 Å². The van der Waals surface area contributed by atoms with Crippen LogP contribution in [0.1, 0.15) is 12.0 Å². The van der Waals surface area contributed by atoms with Gasteiger partial charge in [-0.25, -0.2) is 4.57 Å². The van der Waals surface area contributed by atoms with Crippen molar-refractivity contribution in [2.24, 2.45) is 0 Å². The Balaban J connectivity index is 2.60. The first-order chi connectivity index (χ1) is 6.22. The van der Waals surface area contributed by atoms with Crippen LogP contribution in [-0.4, -0.2) is 5.97 Å². The Labute approximate surface area is 75.7 Å². The third kappa shape index (κ3) is 2.91. The molecule has 0 saturated heterocycles. The predicted molar refractivity (Wildman–Crippen MR) is 41.0 cm³/mol. The molecule has 0 saturated carbocycles. The van der Waals surface area contributed by atoms with E-state index in [1.54, 1.807) is 29.1 Å². The molecule has 13 heavy (non-hydrogen) atoms. The summed E-state index contributed by atoms with van der Waals surface area (Å²) in [5.74, 6) is -1.07. The molecule has 0 spiro atoms. The van der Waals surface area contributed by atoms with E-state index < -0.39 is 5.97 Å². The molecule has 1 aromatic rings. The summed E-state index contributed by atoms with van der Waals surface area (Å²) in [6.07, 6.45) is 3.32. The number of aromatic nitrogens is 1. The third-order valence-corrected chi connectivity index (χ3v) is 1.59. The number of nitriles is 1. The van der Waals surface area contributed by atoms with Crippen molar-refractivity contribution in [2.45, 2.75) is 13.0 Å². The van der Waals surface area contributed by atoms with Crippen molar-refractivity contribution in [1.82, 2.24) is 0 Å². The number of pyridine rings is 1. The molecule has 0 amide bonds. The molecule has 0 aliphatic heterocycles. The third-order valence-electron chi connectivity index (χ3n) is 1.59. The van der Waals surface area contributed by atoms with Crippen molar-refractivity contribution < 1.29 is 14.5 Å². The summed E-state index contributed by atoms with van der Waals surface area (Å²) in [6.45, 7) is 0.369. The number of carboxylic acid groups (broad SMARTS) is 1. The van der Waals surface area contributed by atoms with Gasteiger partial charge in [0.15, 0.2) is 18.9 Å². The van der Waals surface area contributed by atoms with Gasteiger partial charge in [0.25, 0.3) is 0 Å². The van der Waals surface area contributed by atoms with E-state index in [1.807, 2.05) is 6.07 Å². The molecule has 0 fully saturated rings. The molecule has 1 rings (SSSR count). The maximum absolute atomic E-state index is 10.1. The minimum absolute atomic E-state index is 0.0173. The zero-order chi connectivity index (χ0) is 9.68. The van der Waals surface area contributed by atoms with E-state index >= 15 is 0 Å². The quantitative estimate of drug-likeness (QED) is 0.554. The van der Waals surface area contributed by atoms with Crippen LogP contribution in [0.5, 0.6) is 0 Å². The van der Waals surface area contributed by atoms with Crippen molar-refractivity contribution >= 4 is 5.97 Å². The van der Waals surface area contributed by atoms with Crippen LogP contribution < -0.4 is 9.67 Å². The number of carbonyl (C=O) groups is 1. The van der Waals surface area contributed by atoms with Gasteiger partial charge in [0.05, 0.1) is 11.6 Å². The molecule has 4 heteroatoms. The Hall–Kier alpha value is -1.89. The van der Waals surface area contributed by atoms with E-state index in [-0.39, 0.29) is 6.42 Å².